The number of halogens is 4. The number of hydrogen-bond donors (Lipinski definition) is 0. The van der Waals surface area contributed by atoms with Crippen LogP contribution in [0.15, 0.2) is 35.0 Å². The predicted molar refractivity (Wildman–Crippen MR) is 71.9 cm³/mol. The summed E-state index contributed by atoms with van der Waals surface area (Å²) in [4.78, 5) is 3.96. The lowest BCUT2D eigenvalue weighted by Crippen LogP contribution is -2.06. The topological polar surface area (TPSA) is 56.7 Å². The van der Waals surface area contributed by atoms with Gasteiger partial charge in [-0.15, -0.1) is 0 Å². The molecule has 114 valence electrons. The van der Waals surface area contributed by atoms with Crippen LogP contribution < -0.4 is 0 Å². The molecule has 9 heteroatoms. The molecule has 0 N–H and O–H groups in total. The molecular formula is C13H8ClF3N4O. The number of aromatic nitrogens is 4. The highest BCUT2D eigenvalue weighted by Crippen LogP contribution is 2.37. The summed E-state index contributed by atoms with van der Waals surface area (Å²) < 4.78 is 45.4. The molecular weight excluding hydrogens is 321 g/mol. The number of hydrogen-bond acceptors (Lipinski definition) is 4. The standard InChI is InChI=1S/C13H8ClF3N4O/c1-21-6-9(14)10(19-21)11-18-12(22-20-11)7-4-2-3-5-8(7)13(15,16)17/h2-6H,1H3. The van der Waals surface area contributed by atoms with Gasteiger partial charge in [0.15, 0.2) is 5.69 Å². The molecule has 0 unspecified atom stereocenters. The molecule has 3 aromatic rings. The third-order valence-electron chi connectivity index (χ3n) is 2.88. The van der Waals surface area contributed by atoms with Crippen LogP contribution in [-0.2, 0) is 13.2 Å². The normalized spacial score (nSPS) is 11.9. The van der Waals surface area contributed by atoms with Gasteiger partial charge in [0.1, 0.15) is 0 Å². The van der Waals surface area contributed by atoms with E-state index in [1.807, 2.05) is 0 Å². The van der Waals surface area contributed by atoms with Crippen LogP contribution >= 0.6 is 11.6 Å². The van der Waals surface area contributed by atoms with E-state index in [1.54, 1.807) is 7.05 Å². The van der Waals surface area contributed by atoms with Crippen LogP contribution in [0, 0.1) is 0 Å². The van der Waals surface area contributed by atoms with Crippen molar-refractivity contribution >= 4 is 11.6 Å². The lowest BCUT2D eigenvalue weighted by molar-refractivity contribution is -0.137. The smallest absolute Gasteiger partial charge is 0.334 e. The molecule has 0 fully saturated rings. The number of benzene rings is 1. The van der Waals surface area contributed by atoms with Gasteiger partial charge in [0.2, 0.25) is 5.82 Å². The van der Waals surface area contributed by atoms with Crippen molar-refractivity contribution in [1.29, 1.82) is 0 Å². The Kier molecular flexibility index (Phi) is 3.40. The summed E-state index contributed by atoms with van der Waals surface area (Å²) >= 11 is 5.95. The molecule has 0 saturated carbocycles. The quantitative estimate of drug-likeness (QED) is 0.718. The van der Waals surface area contributed by atoms with E-state index in [0.29, 0.717) is 0 Å². The predicted octanol–water partition coefficient (Wildman–Crippen LogP) is 3.81. The van der Waals surface area contributed by atoms with Crippen molar-refractivity contribution in [3.63, 3.8) is 0 Å². The molecule has 0 saturated heterocycles. The second-order valence-electron chi connectivity index (χ2n) is 4.47. The van der Waals surface area contributed by atoms with Crippen LogP contribution in [0.1, 0.15) is 5.56 Å². The highest BCUT2D eigenvalue weighted by Gasteiger charge is 2.35. The van der Waals surface area contributed by atoms with Gasteiger partial charge in [-0.3, -0.25) is 4.68 Å². The van der Waals surface area contributed by atoms with Gasteiger partial charge in [0, 0.05) is 13.2 Å². The van der Waals surface area contributed by atoms with Gasteiger partial charge in [0.05, 0.1) is 16.1 Å². The van der Waals surface area contributed by atoms with Crippen molar-refractivity contribution in [2.45, 2.75) is 6.18 Å². The maximum absolute atomic E-state index is 13.0. The molecule has 5 nitrogen and oxygen atoms in total. The summed E-state index contributed by atoms with van der Waals surface area (Å²) in [7, 11) is 1.65. The Bertz CT molecular complexity index is 825. The van der Waals surface area contributed by atoms with Gasteiger partial charge in [-0.2, -0.15) is 23.3 Å². The molecule has 0 aliphatic heterocycles. The van der Waals surface area contributed by atoms with Gasteiger partial charge < -0.3 is 4.52 Å². The fraction of sp³-hybridized carbons (Fsp3) is 0.154. The molecule has 0 atom stereocenters. The van der Waals surface area contributed by atoms with Gasteiger partial charge in [0.25, 0.3) is 5.89 Å². The van der Waals surface area contributed by atoms with Crippen LogP contribution in [-0.4, -0.2) is 19.9 Å². The van der Waals surface area contributed by atoms with Crippen molar-refractivity contribution in [3.8, 4) is 23.0 Å². The molecule has 0 spiro atoms. The fourth-order valence-electron chi connectivity index (χ4n) is 1.96. The van der Waals surface area contributed by atoms with Crippen LogP contribution in [0.4, 0.5) is 13.2 Å². The van der Waals surface area contributed by atoms with E-state index < -0.39 is 11.7 Å². The summed E-state index contributed by atoms with van der Waals surface area (Å²) in [6.45, 7) is 0. The second kappa shape index (κ2) is 5.13. The minimum atomic E-state index is -4.52. The molecule has 2 aromatic heterocycles. The maximum Gasteiger partial charge on any atom is 0.417 e. The molecule has 2 heterocycles. The Morgan fingerprint density at radius 2 is 1.95 bits per heavy atom. The Balaban J connectivity index is 2.07. The number of nitrogens with zero attached hydrogens (tertiary/aromatic N) is 4. The molecule has 22 heavy (non-hydrogen) atoms. The largest absolute Gasteiger partial charge is 0.417 e. The minimum absolute atomic E-state index is 0.0255. The van der Waals surface area contributed by atoms with Crippen LogP contribution in [0.3, 0.4) is 0 Å². The van der Waals surface area contributed by atoms with Crippen LogP contribution in [0.2, 0.25) is 5.02 Å². The zero-order chi connectivity index (χ0) is 15.9. The van der Waals surface area contributed by atoms with E-state index in [9.17, 15) is 13.2 Å². The highest BCUT2D eigenvalue weighted by molar-refractivity contribution is 6.32. The van der Waals surface area contributed by atoms with E-state index in [-0.39, 0.29) is 28.0 Å². The SMILES string of the molecule is Cn1cc(Cl)c(-c2noc(-c3ccccc3C(F)(F)F)n2)n1. The molecule has 1 aromatic carbocycles. The summed E-state index contributed by atoms with van der Waals surface area (Å²) in [6.07, 6.45) is -3.00. The Morgan fingerprint density at radius 1 is 1.23 bits per heavy atom. The van der Waals surface area contributed by atoms with E-state index in [1.165, 1.54) is 29.1 Å². The van der Waals surface area contributed by atoms with Crippen molar-refractivity contribution in [3.05, 3.63) is 41.0 Å². The number of rotatable bonds is 2. The summed E-state index contributed by atoms with van der Waals surface area (Å²) in [5.74, 6) is -0.220. The van der Waals surface area contributed by atoms with E-state index in [4.69, 9.17) is 16.1 Å². The highest BCUT2D eigenvalue weighted by atomic mass is 35.5. The van der Waals surface area contributed by atoms with Gasteiger partial charge in [-0.1, -0.05) is 28.9 Å². The van der Waals surface area contributed by atoms with Gasteiger partial charge in [-0.05, 0) is 12.1 Å². The second-order valence-corrected chi connectivity index (χ2v) is 4.87. The molecule has 0 radical (unpaired) electrons. The van der Waals surface area contributed by atoms with E-state index in [0.717, 1.165) is 6.07 Å². The Labute approximate surface area is 127 Å². The monoisotopic (exact) mass is 328 g/mol. The van der Waals surface area contributed by atoms with Crippen molar-refractivity contribution in [2.24, 2.45) is 7.05 Å². The third-order valence-corrected chi connectivity index (χ3v) is 3.16. The summed E-state index contributed by atoms with van der Waals surface area (Å²) in [5.41, 5.74) is -0.804. The van der Waals surface area contributed by atoms with Crippen LogP contribution in [0.5, 0.6) is 0 Å². The summed E-state index contributed by atoms with van der Waals surface area (Å²) in [6, 6.07) is 4.97. The lowest BCUT2D eigenvalue weighted by atomic mass is 10.1. The third kappa shape index (κ3) is 2.57. The van der Waals surface area contributed by atoms with Crippen LogP contribution in [0.25, 0.3) is 23.0 Å². The maximum atomic E-state index is 13.0. The van der Waals surface area contributed by atoms with E-state index in [2.05, 4.69) is 15.2 Å². The molecule has 0 aliphatic carbocycles. The first-order chi connectivity index (χ1) is 10.4. The average molecular weight is 329 g/mol. The molecule has 0 amide bonds. The van der Waals surface area contributed by atoms with Crippen molar-refractivity contribution in [2.75, 3.05) is 0 Å². The first kappa shape index (κ1) is 14.6. The summed E-state index contributed by atoms with van der Waals surface area (Å²) in [5, 5.41) is 7.96. The zero-order valence-electron chi connectivity index (χ0n) is 11.1. The van der Waals surface area contributed by atoms with Crippen molar-refractivity contribution < 1.29 is 17.7 Å². The lowest BCUT2D eigenvalue weighted by Gasteiger charge is -2.09. The Morgan fingerprint density at radius 3 is 2.59 bits per heavy atom. The molecule has 3 rings (SSSR count). The fourth-order valence-corrected chi connectivity index (χ4v) is 2.22. The number of alkyl halides is 3. The zero-order valence-corrected chi connectivity index (χ0v) is 11.9. The van der Waals surface area contributed by atoms with E-state index >= 15 is 0 Å². The number of aryl methyl sites for hydroxylation is 1. The van der Waals surface area contributed by atoms with Crippen molar-refractivity contribution in [1.82, 2.24) is 19.9 Å². The van der Waals surface area contributed by atoms with Gasteiger partial charge >= 0.3 is 6.18 Å². The minimum Gasteiger partial charge on any atom is -0.334 e. The molecule has 0 bridgehead atoms. The molecule has 0 aliphatic rings. The first-order valence-corrected chi connectivity index (χ1v) is 6.44. The van der Waals surface area contributed by atoms with Gasteiger partial charge in [-0.25, -0.2) is 0 Å². The Hall–Kier alpha value is -2.35. The average Bonchev–Trinajstić information content (AvgIpc) is 3.04. The first-order valence-electron chi connectivity index (χ1n) is 6.06.